The van der Waals surface area contributed by atoms with Crippen molar-refractivity contribution in [2.24, 2.45) is 0 Å². The highest BCUT2D eigenvalue weighted by molar-refractivity contribution is 6.16. The van der Waals surface area contributed by atoms with Crippen molar-refractivity contribution in [1.29, 1.82) is 0 Å². The highest BCUT2D eigenvalue weighted by atomic mass is 16.3. The molecule has 66 heavy (non-hydrogen) atoms. The lowest BCUT2D eigenvalue weighted by molar-refractivity contribution is 0.660. The largest absolute Gasteiger partial charge is 0.456 e. The summed E-state index contributed by atoms with van der Waals surface area (Å²) in [5.74, 6) is 1.84. The van der Waals surface area contributed by atoms with E-state index in [9.17, 15) is 0 Å². The molecule has 0 N–H and O–H groups in total. The zero-order chi connectivity index (χ0) is 43.5. The van der Waals surface area contributed by atoms with Crippen LogP contribution >= 0.6 is 0 Å². The molecule has 3 aromatic heterocycles. The topological polar surface area (TPSA) is 65.0 Å². The molecule has 0 bridgehead atoms. The average molecular weight is 844 g/mol. The number of para-hydroxylation sites is 1. The molecular formula is C61H37N3O2. The number of aromatic nitrogens is 3. The van der Waals surface area contributed by atoms with Gasteiger partial charge in [0.15, 0.2) is 17.5 Å². The normalized spacial score (nSPS) is 14.5. The smallest absolute Gasteiger partial charge is 0.164 e. The Kier molecular flexibility index (Phi) is 6.90. The van der Waals surface area contributed by atoms with E-state index in [1.165, 1.54) is 66.8 Å². The van der Waals surface area contributed by atoms with E-state index in [-0.39, 0.29) is 5.41 Å². The van der Waals surface area contributed by atoms with Gasteiger partial charge in [-0.05, 0) is 109 Å². The van der Waals surface area contributed by atoms with Crippen LogP contribution < -0.4 is 0 Å². The number of nitrogens with zero attached hydrogens (tertiary/aromatic N) is 3. The first-order chi connectivity index (χ1) is 32.4. The number of benzene rings is 9. The van der Waals surface area contributed by atoms with Crippen LogP contribution in [0.5, 0.6) is 0 Å². The van der Waals surface area contributed by atoms with E-state index < -0.39 is 5.41 Å². The molecule has 308 valence electrons. The zero-order valence-corrected chi connectivity index (χ0v) is 36.1. The van der Waals surface area contributed by atoms with Crippen LogP contribution in [0.1, 0.15) is 47.2 Å². The van der Waals surface area contributed by atoms with Crippen molar-refractivity contribution in [2.75, 3.05) is 0 Å². The van der Waals surface area contributed by atoms with Crippen LogP contribution in [-0.4, -0.2) is 15.0 Å². The number of hydrogen-bond donors (Lipinski definition) is 0. The Bertz CT molecular complexity index is 4050. The molecule has 3 aliphatic rings. The highest BCUT2D eigenvalue weighted by Gasteiger charge is 2.53. The molecule has 5 nitrogen and oxygen atoms in total. The Morgan fingerprint density at radius 2 is 0.894 bits per heavy atom. The first kappa shape index (κ1) is 36.0. The molecule has 3 aliphatic carbocycles. The van der Waals surface area contributed by atoms with Crippen molar-refractivity contribution in [3.05, 3.63) is 221 Å². The summed E-state index contributed by atoms with van der Waals surface area (Å²) in [6.45, 7) is 4.61. The Morgan fingerprint density at radius 1 is 0.333 bits per heavy atom. The zero-order valence-electron chi connectivity index (χ0n) is 36.1. The number of fused-ring (bicyclic) bond motifs is 20. The molecule has 0 amide bonds. The van der Waals surface area contributed by atoms with Gasteiger partial charge < -0.3 is 8.83 Å². The number of rotatable bonds is 3. The maximum atomic E-state index is 6.98. The lowest BCUT2D eigenvalue weighted by Gasteiger charge is -2.31. The first-order valence-electron chi connectivity index (χ1n) is 22.7. The van der Waals surface area contributed by atoms with E-state index in [1.807, 2.05) is 24.3 Å². The Morgan fingerprint density at radius 3 is 1.65 bits per heavy atom. The Balaban J connectivity index is 0.956. The quantitative estimate of drug-likeness (QED) is 0.177. The van der Waals surface area contributed by atoms with Gasteiger partial charge in [0, 0.05) is 43.7 Å². The molecule has 0 saturated carbocycles. The molecule has 3 heterocycles. The van der Waals surface area contributed by atoms with E-state index in [0.29, 0.717) is 17.5 Å². The van der Waals surface area contributed by atoms with Crippen molar-refractivity contribution in [1.82, 2.24) is 15.0 Å². The second-order valence-corrected chi connectivity index (χ2v) is 18.6. The minimum absolute atomic E-state index is 0.158. The third-order valence-corrected chi connectivity index (χ3v) is 14.9. The monoisotopic (exact) mass is 843 g/mol. The summed E-state index contributed by atoms with van der Waals surface area (Å²) in [7, 11) is 0. The lowest BCUT2D eigenvalue weighted by Crippen LogP contribution is -2.26. The van der Waals surface area contributed by atoms with E-state index >= 15 is 0 Å². The fraction of sp³-hybridized carbons (Fsp3) is 0.0656. The third-order valence-electron chi connectivity index (χ3n) is 14.9. The average Bonchev–Trinajstić information content (AvgIpc) is 4.14. The second kappa shape index (κ2) is 12.6. The van der Waals surface area contributed by atoms with Crippen LogP contribution in [0, 0.1) is 0 Å². The SMILES string of the molecule is CC1(C)c2ccccc2-c2ccc(-c3nc(-c4ccccc4)nc(-c4ccc5c(c4)oc4ccc6c(c45)C4(c5ccccc5-c5ccccc54)c4cc5oc7ccccc7c5cc4-6)n3)cc21. The molecule has 0 radical (unpaired) electrons. The van der Waals surface area contributed by atoms with Gasteiger partial charge in [0.25, 0.3) is 0 Å². The van der Waals surface area contributed by atoms with Crippen LogP contribution in [0.4, 0.5) is 0 Å². The van der Waals surface area contributed by atoms with Gasteiger partial charge in [-0.15, -0.1) is 0 Å². The van der Waals surface area contributed by atoms with Gasteiger partial charge in [0.2, 0.25) is 0 Å². The Labute approximate surface area is 379 Å². The van der Waals surface area contributed by atoms with Crippen molar-refractivity contribution in [2.45, 2.75) is 24.7 Å². The van der Waals surface area contributed by atoms with E-state index in [0.717, 1.165) is 60.6 Å². The maximum absolute atomic E-state index is 6.98. The molecule has 9 aromatic carbocycles. The van der Waals surface area contributed by atoms with Gasteiger partial charge in [-0.25, -0.2) is 15.0 Å². The highest BCUT2D eigenvalue weighted by Crippen LogP contribution is 2.65. The van der Waals surface area contributed by atoms with E-state index in [2.05, 4.69) is 178 Å². The standard InChI is InChI=1S/C61H37N3O2/c1-60(2)46-20-10-6-16-37(46)40-26-24-35(30-49(40)60)58-62-57(34-14-4-3-5-15-34)63-59(64-58)36-25-27-43-53(31-36)66-52-29-28-42-44-32-45-41-19-9-13-23-51(41)65-54(45)33-50(44)61(56(42)55(43)52)47-21-11-7-17-38(47)39-18-8-12-22-48(39)61/h3-33H,1-2H3. The van der Waals surface area contributed by atoms with Crippen LogP contribution in [0.2, 0.25) is 0 Å². The first-order valence-corrected chi connectivity index (χ1v) is 22.7. The third kappa shape index (κ3) is 4.56. The molecule has 0 atom stereocenters. The molecule has 0 unspecified atom stereocenters. The molecule has 12 aromatic rings. The summed E-state index contributed by atoms with van der Waals surface area (Å²) in [6.07, 6.45) is 0. The molecule has 0 fully saturated rings. The van der Waals surface area contributed by atoms with Gasteiger partial charge in [0.1, 0.15) is 22.3 Å². The Hall–Kier alpha value is -8.41. The van der Waals surface area contributed by atoms with Gasteiger partial charge in [-0.1, -0.05) is 159 Å². The van der Waals surface area contributed by atoms with Crippen molar-refractivity contribution in [3.8, 4) is 67.5 Å². The van der Waals surface area contributed by atoms with Crippen LogP contribution in [0.25, 0.3) is 111 Å². The molecular weight excluding hydrogens is 807 g/mol. The number of hydrogen-bond acceptors (Lipinski definition) is 5. The predicted octanol–water partition coefficient (Wildman–Crippen LogP) is 15.3. The van der Waals surface area contributed by atoms with E-state index in [1.54, 1.807) is 0 Å². The lowest BCUT2D eigenvalue weighted by atomic mass is 9.69. The van der Waals surface area contributed by atoms with Crippen LogP contribution in [-0.2, 0) is 10.8 Å². The van der Waals surface area contributed by atoms with Crippen molar-refractivity contribution < 1.29 is 8.83 Å². The fourth-order valence-corrected chi connectivity index (χ4v) is 12.0. The van der Waals surface area contributed by atoms with Crippen LogP contribution in [0.15, 0.2) is 197 Å². The second-order valence-electron chi connectivity index (χ2n) is 18.6. The van der Waals surface area contributed by atoms with Crippen molar-refractivity contribution >= 4 is 43.9 Å². The molecule has 5 heteroatoms. The minimum atomic E-state index is -0.612. The maximum Gasteiger partial charge on any atom is 0.164 e. The van der Waals surface area contributed by atoms with Gasteiger partial charge in [0.05, 0.1) is 5.41 Å². The molecule has 1 spiro atoms. The fourth-order valence-electron chi connectivity index (χ4n) is 12.0. The van der Waals surface area contributed by atoms with E-state index in [4.69, 9.17) is 23.8 Å². The van der Waals surface area contributed by atoms with Gasteiger partial charge in [-0.2, -0.15) is 0 Å². The van der Waals surface area contributed by atoms with Crippen LogP contribution in [0.3, 0.4) is 0 Å². The van der Waals surface area contributed by atoms with Crippen molar-refractivity contribution in [3.63, 3.8) is 0 Å². The summed E-state index contributed by atoms with van der Waals surface area (Å²) in [5.41, 5.74) is 20.5. The molecule has 15 rings (SSSR count). The summed E-state index contributed by atoms with van der Waals surface area (Å²) < 4.78 is 13.6. The summed E-state index contributed by atoms with van der Waals surface area (Å²) in [6, 6.07) is 67.4. The summed E-state index contributed by atoms with van der Waals surface area (Å²) in [5, 5.41) is 4.40. The summed E-state index contributed by atoms with van der Waals surface area (Å²) >= 11 is 0. The van der Waals surface area contributed by atoms with Gasteiger partial charge in [-0.3, -0.25) is 0 Å². The molecule has 0 aliphatic heterocycles. The minimum Gasteiger partial charge on any atom is -0.456 e. The molecule has 0 saturated heterocycles. The number of furan rings is 2. The predicted molar refractivity (Wildman–Crippen MR) is 265 cm³/mol. The summed E-state index contributed by atoms with van der Waals surface area (Å²) in [4.78, 5) is 15.5. The van der Waals surface area contributed by atoms with Gasteiger partial charge >= 0.3 is 0 Å².